The molecule has 0 atom stereocenters. The normalized spacial score (nSPS) is 15.9. The highest BCUT2D eigenvalue weighted by atomic mass is 32.2. The number of para-hydroxylation sites is 1. The molecule has 0 N–H and O–H groups in total. The van der Waals surface area contributed by atoms with Gasteiger partial charge in [0, 0.05) is 19.0 Å². The van der Waals surface area contributed by atoms with E-state index in [0.717, 1.165) is 17.5 Å². The lowest BCUT2D eigenvalue weighted by Gasteiger charge is -2.29. The van der Waals surface area contributed by atoms with Crippen LogP contribution in [0, 0.1) is 5.92 Å². The minimum absolute atomic E-state index is 0.0332. The highest BCUT2D eigenvalue weighted by Gasteiger charge is 2.32. The zero-order chi connectivity index (χ0) is 22.7. The van der Waals surface area contributed by atoms with Crippen LogP contribution in [0.1, 0.15) is 44.1 Å². The number of benzene rings is 2. The fraction of sp³-hybridized carbons (Fsp3) is 0.417. The van der Waals surface area contributed by atoms with E-state index in [-0.39, 0.29) is 5.92 Å². The Morgan fingerprint density at radius 3 is 2.41 bits per heavy atom. The molecule has 1 aromatic heterocycles. The van der Waals surface area contributed by atoms with Crippen molar-refractivity contribution in [2.24, 2.45) is 5.92 Å². The molecule has 3 aromatic rings. The first-order chi connectivity index (χ1) is 15.4. The Balaban J connectivity index is 1.42. The first-order valence-corrected chi connectivity index (χ1v) is 12.4. The summed E-state index contributed by atoms with van der Waals surface area (Å²) in [5.74, 6) is 2.19. The number of nitrogens with zero attached hydrogens (tertiary/aromatic N) is 3. The fourth-order valence-electron chi connectivity index (χ4n) is 4.09. The number of aromatic nitrogens is 2. The molecule has 1 fully saturated rings. The molecule has 1 aliphatic rings. The van der Waals surface area contributed by atoms with Crippen LogP contribution in [0.2, 0.25) is 0 Å². The lowest BCUT2D eigenvalue weighted by Crippen LogP contribution is -2.37. The van der Waals surface area contributed by atoms with Crippen molar-refractivity contribution in [1.29, 1.82) is 0 Å². The summed E-state index contributed by atoms with van der Waals surface area (Å²) in [6.45, 7) is 5.15. The van der Waals surface area contributed by atoms with Crippen molar-refractivity contribution in [3.05, 3.63) is 60.0 Å². The molecule has 7 nitrogen and oxygen atoms in total. The van der Waals surface area contributed by atoms with Gasteiger partial charge < -0.3 is 9.15 Å². The van der Waals surface area contributed by atoms with Crippen LogP contribution in [-0.4, -0.2) is 43.1 Å². The molecule has 0 bridgehead atoms. The first kappa shape index (κ1) is 22.5. The third kappa shape index (κ3) is 4.71. The molecule has 4 rings (SSSR count). The topological polar surface area (TPSA) is 85.5 Å². The molecule has 1 saturated heterocycles. The van der Waals surface area contributed by atoms with Gasteiger partial charge in [0.2, 0.25) is 15.9 Å². The van der Waals surface area contributed by atoms with E-state index < -0.39 is 10.0 Å². The molecule has 0 radical (unpaired) electrons. The van der Waals surface area contributed by atoms with Gasteiger partial charge in [0.1, 0.15) is 5.75 Å². The van der Waals surface area contributed by atoms with E-state index in [1.54, 1.807) is 23.5 Å². The molecule has 0 aliphatic carbocycles. The van der Waals surface area contributed by atoms with Gasteiger partial charge in [0.05, 0.1) is 17.6 Å². The quantitative estimate of drug-likeness (QED) is 0.521. The van der Waals surface area contributed by atoms with Crippen LogP contribution in [0.25, 0.3) is 11.5 Å². The van der Waals surface area contributed by atoms with Crippen LogP contribution in [0.5, 0.6) is 5.75 Å². The summed E-state index contributed by atoms with van der Waals surface area (Å²) >= 11 is 0. The number of hydrogen-bond donors (Lipinski definition) is 0. The summed E-state index contributed by atoms with van der Waals surface area (Å²) in [4.78, 5) is 0.347. The molecule has 32 heavy (non-hydrogen) atoms. The number of sulfonamides is 1. The molecule has 1 aliphatic heterocycles. The summed E-state index contributed by atoms with van der Waals surface area (Å²) in [6.07, 6.45) is 2.21. The molecule has 0 amide bonds. The van der Waals surface area contributed by atoms with E-state index in [4.69, 9.17) is 9.15 Å². The largest absolute Gasteiger partial charge is 0.496 e. The summed E-state index contributed by atoms with van der Waals surface area (Å²) in [5, 5.41) is 8.42. The highest BCUT2D eigenvalue weighted by Crippen LogP contribution is 2.34. The standard InChI is InChI=1S/C24H29N3O4S/c1-17(2)16-18-8-10-20(11-9-18)32(28,29)27-14-12-19(13-15-27)23-25-26-24(31-23)21-6-4-5-7-22(21)30-3/h4-11,17,19H,12-16H2,1-3H3. The molecular formula is C24H29N3O4S. The van der Waals surface area contributed by atoms with Crippen LogP contribution in [0.4, 0.5) is 0 Å². The Morgan fingerprint density at radius 1 is 1.06 bits per heavy atom. The maximum absolute atomic E-state index is 13.1. The monoisotopic (exact) mass is 455 g/mol. The first-order valence-electron chi connectivity index (χ1n) is 10.9. The molecule has 0 saturated carbocycles. The summed E-state index contributed by atoms with van der Waals surface area (Å²) in [7, 11) is -1.91. The molecule has 0 unspecified atom stereocenters. The average Bonchev–Trinajstić information content (AvgIpc) is 3.29. The smallest absolute Gasteiger partial charge is 0.251 e. The van der Waals surface area contributed by atoms with Gasteiger partial charge in [-0.3, -0.25) is 0 Å². The van der Waals surface area contributed by atoms with E-state index in [0.29, 0.717) is 54.3 Å². The lowest BCUT2D eigenvalue weighted by molar-refractivity contribution is 0.291. The second kappa shape index (κ2) is 9.42. The maximum Gasteiger partial charge on any atom is 0.251 e. The second-order valence-electron chi connectivity index (χ2n) is 8.57. The molecule has 170 valence electrons. The second-order valence-corrected chi connectivity index (χ2v) is 10.5. The number of rotatable bonds is 7. The lowest BCUT2D eigenvalue weighted by atomic mass is 9.98. The zero-order valence-electron chi connectivity index (χ0n) is 18.7. The molecule has 8 heteroatoms. The van der Waals surface area contributed by atoms with Crippen molar-refractivity contribution >= 4 is 10.0 Å². The van der Waals surface area contributed by atoms with Crippen molar-refractivity contribution in [2.45, 2.75) is 43.9 Å². The van der Waals surface area contributed by atoms with Crippen LogP contribution in [0.3, 0.4) is 0 Å². The fourth-order valence-corrected chi connectivity index (χ4v) is 5.56. The molecular weight excluding hydrogens is 426 g/mol. The van der Waals surface area contributed by atoms with Gasteiger partial charge in [-0.2, -0.15) is 4.31 Å². The van der Waals surface area contributed by atoms with Gasteiger partial charge >= 0.3 is 0 Å². The SMILES string of the molecule is COc1ccccc1-c1nnc(C2CCN(S(=O)(=O)c3ccc(CC(C)C)cc3)CC2)o1. The van der Waals surface area contributed by atoms with Gasteiger partial charge in [-0.1, -0.05) is 38.1 Å². The molecule has 2 heterocycles. The van der Waals surface area contributed by atoms with Crippen molar-refractivity contribution in [2.75, 3.05) is 20.2 Å². The number of piperidine rings is 1. The van der Waals surface area contributed by atoms with Gasteiger partial charge in [-0.25, -0.2) is 8.42 Å². The number of ether oxygens (including phenoxy) is 1. The van der Waals surface area contributed by atoms with Crippen molar-refractivity contribution in [3.8, 4) is 17.2 Å². The molecule has 2 aromatic carbocycles. The van der Waals surface area contributed by atoms with Crippen molar-refractivity contribution in [3.63, 3.8) is 0 Å². The van der Waals surface area contributed by atoms with E-state index in [9.17, 15) is 8.42 Å². The Kier molecular flexibility index (Phi) is 6.62. The zero-order valence-corrected chi connectivity index (χ0v) is 19.5. The van der Waals surface area contributed by atoms with E-state index in [2.05, 4.69) is 24.0 Å². The van der Waals surface area contributed by atoms with E-state index in [1.807, 2.05) is 36.4 Å². The summed E-state index contributed by atoms with van der Waals surface area (Å²) < 4.78 is 39.0. The molecule has 0 spiro atoms. The van der Waals surface area contributed by atoms with Gasteiger partial charge in [0.15, 0.2) is 0 Å². The Labute approximate surface area is 189 Å². The summed E-state index contributed by atoms with van der Waals surface area (Å²) in [5.41, 5.74) is 1.90. The maximum atomic E-state index is 13.1. The summed E-state index contributed by atoms with van der Waals surface area (Å²) in [6, 6.07) is 14.8. The highest BCUT2D eigenvalue weighted by molar-refractivity contribution is 7.89. The Hall–Kier alpha value is -2.71. The van der Waals surface area contributed by atoms with Crippen LogP contribution >= 0.6 is 0 Å². The van der Waals surface area contributed by atoms with Gasteiger partial charge in [-0.05, 0) is 55.0 Å². The minimum Gasteiger partial charge on any atom is -0.496 e. The van der Waals surface area contributed by atoms with E-state index >= 15 is 0 Å². The predicted octanol–water partition coefficient (Wildman–Crippen LogP) is 4.51. The van der Waals surface area contributed by atoms with Crippen molar-refractivity contribution in [1.82, 2.24) is 14.5 Å². The Morgan fingerprint density at radius 2 is 1.75 bits per heavy atom. The van der Waals surface area contributed by atoms with Crippen LogP contribution in [0.15, 0.2) is 57.8 Å². The van der Waals surface area contributed by atoms with Crippen LogP contribution in [-0.2, 0) is 16.4 Å². The van der Waals surface area contributed by atoms with Crippen LogP contribution < -0.4 is 4.74 Å². The van der Waals surface area contributed by atoms with Crippen molar-refractivity contribution < 1.29 is 17.6 Å². The third-order valence-corrected chi connectivity index (χ3v) is 7.70. The number of methoxy groups -OCH3 is 1. The van der Waals surface area contributed by atoms with E-state index in [1.165, 1.54) is 0 Å². The average molecular weight is 456 g/mol. The Bertz CT molecular complexity index is 1150. The minimum atomic E-state index is -3.51. The predicted molar refractivity (Wildman–Crippen MR) is 122 cm³/mol. The third-order valence-electron chi connectivity index (χ3n) is 5.79. The van der Waals surface area contributed by atoms with Gasteiger partial charge in [0.25, 0.3) is 5.89 Å². The number of hydrogen-bond acceptors (Lipinski definition) is 6. The van der Waals surface area contributed by atoms with Gasteiger partial charge in [-0.15, -0.1) is 10.2 Å².